The molecule has 0 spiro atoms. The van der Waals surface area contributed by atoms with E-state index in [0.29, 0.717) is 25.6 Å². The molecule has 5 atom stereocenters. The predicted molar refractivity (Wildman–Crippen MR) is 75.2 cm³/mol. The number of aliphatic hydroxyl groups is 4. The Labute approximate surface area is 129 Å². The highest BCUT2D eigenvalue weighted by atomic mass is 32.1. The maximum atomic E-state index is 9.71. The molecule has 1 fully saturated rings. The highest BCUT2D eigenvalue weighted by molar-refractivity contribution is 7.80. The largest absolute Gasteiger partial charge is 0.394 e. The molecule has 0 aromatic heterocycles. The van der Waals surface area contributed by atoms with Crippen molar-refractivity contribution in [2.75, 3.05) is 45.4 Å². The molecule has 0 radical (unpaired) electrons. The summed E-state index contributed by atoms with van der Waals surface area (Å²) in [6.45, 7) is 1.35. The molecule has 1 aliphatic heterocycles. The van der Waals surface area contributed by atoms with Gasteiger partial charge in [-0.2, -0.15) is 12.6 Å². The van der Waals surface area contributed by atoms with Crippen LogP contribution < -0.4 is 0 Å². The first-order chi connectivity index (χ1) is 10.1. The van der Waals surface area contributed by atoms with Gasteiger partial charge in [-0.25, -0.2) is 0 Å². The Balaban J connectivity index is 2.16. The van der Waals surface area contributed by atoms with Crippen molar-refractivity contribution in [2.24, 2.45) is 0 Å². The van der Waals surface area contributed by atoms with Crippen molar-refractivity contribution in [1.82, 2.24) is 0 Å². The molecule has 8 nitrogen and oxygen atoms in total. The first-order valence-electron chi connectivity index (χ1n) is 6.80. The lowest BCUT2D eigenvalue weighted by Gasteiger charge is -2.39. The molecular formula is C12H24O8S. The van der Waals surface area contributed by atoms with Crippen molar-refractivity contribution in [2.45, 2.75) is 30.7 Å². The van der Waals surface area contributed by atoms with Crippen LogP contribution in [-0.2, 0) is 18.9 Å². The number of rotatable bonds is 10. The van der Waals surface area contributed by atoms with E-state index in [1.165, 1.54) is 0 Å². The van der Waals surface area contributed by atoms with Crippen molar-refractivity contribution in [3.05, 3.63) is 0 Å². The van der Waals surface area contributed by atoms with Crippen molar-refractivity contribution < 1.29 is 39.4 Å². The molecule has 1 aliphatic rings. The van der Waals surface area contributed by atoms with E-state index in [-0.39, 0.29) is 13.2 Å². The molecule has 4 N–H and O–H groups in total. The van der Waals surface area contributed by atoms with Crippen molar-refractivity contribution in [1.29, 1.82) is 0 Å². The maximum Gasteiger partial charge on any atom is 0.186 e. The van der Waals surface area contributed by atoms with Gasteiger partial charge < -0.3 is 39.4 Å². The second-order valence-electron chi connectivity index (χ2n) is 4.52. The van der Waals surface area contributed by atoms with Gasteiger partial charge in [0.2, 0.25) is 0 Å². The van der Waals surface area contributed by atoms with E-state index < -0.39 is 37.3 Å². The number of ether oxygens (including phenoxy) is 4. The number of thiol groups is 1. The molecule has 1 saturated heterocycles. The van der Waals surface area contributed by atoms with E-state index in [0.717, 1.165) is 0 Å². The van der Waals surface area contributed by atoms with Gasteiger partial charge in [-0.1, -0.05) is 0 Å². The fourth-order valence-electron chi connectivity index (χ4n) is 1.81. The fourth-order valence-corrected chi connectivity index (χ4v) is 1.94. The lowest BCUT2D eigenvalue weighted by atomic mass is 9.99. The average molecular weight is 328 g/mol. The van der Waals surface area contributed by atoms with Gasteiger partial charge in [0, 0.05) is 5.75 Å². The number of hydrogen-bond donors (Lipinski definition) is 5. The number of hydrogen-bond acceptors (Lipinski definition) is 9. The third-order valence-corrected chi connectivity index (χ3v) is 3.15. The lowest BCUT2D eigenvalue weighted by Crippen LogP contribution is -2.59. The molecule has 0 aromatic rings. The first kappa shape index (κ1) is 19.1. The van der Waals surface area contributed by atoms with Gasteiger partial charge in [-0.3, -0.25) is 0 Å². The molecular weight excluding hydrogens is 304 g/mol. The highest BCUT2D eigenvalue weighted by Crippen LogP contribution is 2.21. The quantitative estimate of drug-likeness (QED) is 0.226. The zero-order chi connectivity index (χ0) is 15.7. The molecule has 0 bridgehead atoms. The minimum Gasteiger partial charge on any atom is -0.394 e. The van der Waals surface area contributed by atoms with Gasteiger partial charge in [0.05, 0.1) is 39.6 Å². The minimum atomic E-state index is -1.43. The third-order valence-electron chi connectivity index (χ3n) is 2.97. The Morgan fingerprint density at radius 1 is 0.857 bits per heavy atom. The van der Waals surface area contributed by atoms with Crippen molar-refractivity contribution >= 4 is 12.6 Å². The molecule has 0 aromatic carbocycles. The minimum absolute atomic E-state index is 0.134. The highest BCUT2D eigenvalue weighted by Gasteiger charge is 2.43. The Kier molecular flexibility index (Phi) is 9.73. The normalized spacial score (nSPS) is 33.3. The van der Waals surface area contributed by atoms with Crippen LogP contribution >= 0.6 is 12.6 Å². The topological polar surface area (TPSA) is 118 Å². The van der Waals surface area contributed by atoms with E-state index >= 15 is 0 Å². The van der Waals surface area contributed by atoms with Gasteiger partial charge in [0.15, 0.2) is 6.29 Å². The molecule has 0 amide bonds. The van der Waals surface area contributed by atoms with Gasteiger partial charge in [0.1, 0.15) is 24.4 Å². The van der Waals surface area contributed by atoms with Crippen LogP contribution in [0.1, 0.15) is 0 Å². The van der Waals surface area contributed by atoms with Crippen LogP contribution in [0.3, 0.4) is 0 Å². The van der Waals surface area contributed by atoms with Gasteiger partial charge in [-0.05, 0) is 0 Å². The summed E-state index contributed by atoms with van der Waals surface area (Å²) in [6, 6.07) is 0. The predicted octanol–water partition coefficient (Wildman–Crippen LogP) is -2.23. The molecule has 21 heavy (non-hydrogen) atoms. The molecule has 1 rings (SSSR count). The molecule has 9 heteroatoms. The standard InChI is InChI=1S/C12H24O8S/c13-7-8-9(14)10(15)11(16)12(20-8)19-4-3-17-1-2-18-5-6-21/h8-16,21H,1-7H2/t8-,9-,10+,11-,12-/m1/s1. The zero-order valence-corrected chi connectivity index (χ0v) is 12.6. The van der Waals surface area contributed by atoms with E-state index in [4.69, 9.17) is 24.1 Å². The lowest BCUT2D eigenvalue weighted by molar-refractivity contribution is -0.302. The smallest absolute Gasteiger partial charge is 0.186 e. The summed E-state index contributed by atoms with van der Waals surface area (Å²) in [5, 5.41) is 37.9. The number of aliphatic hydroxyl groups excluding tert-OH is 4. The Bertz CT molecular complexity index is 268. The molecule has 126 valence electrons. The van der Waals surface area contributed by atoms with Gasteiger partial charge in [0.25, 0.3) is 0 Å². The molecule has 0 aliphatic carbocycles. The monoisotopic (exact) mass is 328 g/mol. The van der Waals surface area contributed by atoms with Crippen LogP contribution in [0, 0.1) is 0 Å². The summed E-state index contributed by atoms with van der Waals surface area (Å²) in [7, 11) is 0. The van der Waals surface area contributed by atoms with Crippen molar-refractivity contribution in [3.8, 4) is 0 Å². The SMILES string of the molecule is OC[C@H]1O[C@@H](OCCOCCOCCS)[C@H](O)[C@@H](O)[C@@H]1O. The fraction of sp³-hybridized carbons (Fsp3) is 1.00. The summed E-state index contributed by atoms with van der Waals surface area (Å²) in [6.07, 6.45) is -6.29. The van der Waals surface area contributed by atoms with E-state index in [9.17, 15) is 15.3 Å². The van der Waals surface area contributed by atoms with E-state index in [1.54, 1.807) is 0 Å². The average Bonchev–Trinajstić information content (AvgIpc) is 2.49. The van der Waals surface area contributed by atoms with Crippen LogP contribution in [0.2, 0.25) is 0 Å². The summed E-state index contributed by atoms with van der Waals surface area (Å²) in [4.78, 5) is 0. The Morgan fingerprint density at radius 3 is 2.10 bits per heavy atom. The van der Waals surface area contributed by atoms with Crippen LogP contribution in [0.15, 0.2) is 0 Å². The summed E-state index contributed by atoms with van der Waals surface area (Å²) in [5.41, 5.74) is 0. The second kappa shape index (κ2) is 10.7. The Morgan fingerprint density at radius 2 is 1.48 bits per heavy atom. The van der Waals surface area contributed by atoms with Crippen LogP contribution in [0.5, 0.6) is 0 Å². The van der Waals surface area contributed by atoms with Gasteiger partial charge in [-0.15, -0.1) is 0 Å². The Hall–Kier alpha value is 0.0300. The summed E-state index contributed by atoms with van der Waals surface area (Å²) in [5.74, 6) is 0.653. The summed E-state index contributed by atoms with van der Waals surface area (Å²) < 4.78 is 20.8. The molecule has 0 saturated carbocycles. The molecule has 0 unspecified atom stereocenters. The van der Waals surface area contributed by atoms with Gasteiger partial charge >= 0.3 is 0 Å². The van der Waals surface area contributed by atoms with Crippen LogP contribution in [-0.4, -0.2) is 96.5 Å². The maximum absolute atomic E-state index is 9.71. The summed E-state index contributed by atoms with van der Waals surface area (Å²) >= 11 is 4.00. The van der Waals surface area contributed by atoms with Crippen molar-refractivity contribution in [3.63, 3.8) is 0 Å². The van der Waals surface area contributed by atoms with E-state index in [2.05, 4.69) is 12.6 Å². The van der Waals surface area contributed by atoms with Crippen LogP contribution in [0.4, 0.5) is 0 Å². The first-order valence-corrected chi connectivity index (χ1v) is 7.43. The zero-order valence-electron chi connectivity index (χ0n) is 11.7. The van der Waals surface area contributed by atoms with Crippen LogP contribution in [0.25, 0.3) is 0 Å². The second-order valence-corrected chi connectivity index (χ2v) is 4.96. The van der Waals surface area contributed by atoms with E-state index in [1.807, 2.05) is 0 Å². The molecule has 1 heterocycles. The third kappa shape index (κ3) is 6.35.